The molecule has 0 radical (unpaired) electrons. The average Bonchev–Trinajstić information content (AvgIpc) is 2.74. The summed E-state index contributed by atoms with van der Waals surface area (Å²) in [5, 5.41) is 13.5. The summed E-state index contributed by atoms with van der Waals surface area (Å²) in [6.07, 6.45) is 1.43. The quantitative estimate of drug-likeness (QED) is 0.920. The topological polar surface area (TPSA) is 64.4 Å². The van der Waals surface area contributed by atoms with Gasteiger partial charge in [0.2, 0.25) is 0 Å². The molecule has 0 amide bonds. The average molecular weight is 260 g/mol. The maximum absolute atomic E-state index is 11.4. The van der Waals surface area contributed by atoms with Crippen LogP contribution < -0.4 is 4.74 Å². The van der Waals surface area contributed by atoms with E-state index in [1.54, 1.807) is 12.1 Å². The second kappa shape index (κ2) is 4.76. The first-order valence-corrected chi connectivity index (χ1v) is 5.94. The minimum atomic E-state index is -1.06. The van der Waals surface area contributed by atoms with E-state index in [4.69, 9.17) is 4.74 Å². The minimum absolute atomic E-state index is 0.0522. The second-order valence-electron chi connectivity index (χ2n) is 5.16. The zero-order valence-electron chi connectivity index (χ0n) is 11.1. The lowest BCUT2D eigenvalue weighted by Crippen LogP contribution is -2.27. The van der Waals surface area contributed by atoms with Gasteiger partial charge in [0.25, 0.3) is 0 Å². The van der Waals surface area contributed by atoms with Gasteiger partial charge in [-0.25, -0.2) is 9.48 Å². The SMILES string of the molecule is CC(C)(C)n1ncc(Oc2ccccc2)c1C(=O)O. The molecule has 0 aliphatic carbocycles. The zero-order chi connectivity index (χ0) is 14.0. The normalized spacial score (nSPS) is 11.3. The van der Waals surface area contributed by atoms with E-state index >= 15 is 0 Å². The number of carboxylic acid groups (broad SMARTS) is 1. The molecule has 2 aromatic rings. The number of ether oxygens (including phenoxy) is 1. The fourth-order valence-electron chi connectivity index (χ4n) is 1.73. The fraction of sp³-hybridized carbons (Fsp3) is 0.286. The molecule has 0 spiro atoms. The van der Waals surface area contributed by atoms with Crippen molar-refractivity contribution < 1.29 is 14.6 Å². The van der Waals surface area contributed by atoms with Crippen molar-refractivity contribution in [2.24, 2.45) is 0 Å². The van der Waals surface area contributed by atoms with Crippen molar-refractivity contribution in [3.05, 3.63) is 42.2 Å². The molecule has 0 fully saturated rings. The summed E-state index contributed by atoms with van der Waals surface area (Å²) in [6.45, 7) is 5.66. The third-order valence-corrected chi connectivity index (χ3v) is 2.54. The number of aromatic nitrogens is 2. The highest BCUT2D eigenvalue weighted by Gasteiger charge is 2.26. The number of carboxylic acids is 1. The van der Waals surface area contributed by atoms with Crippen LogP contribution in [0.4, 0.5) is 0 Å². The Balaban J connectivity index is 2.42. The van der Waals surface area contributed by atoms with Crippen molar-refractivity contribution in [2.75, 3.05) is 0 Å². The number of benzene rings is 1. The molecule has 1 N–H and O–H groups in total. The van der Waals surface area contributed by atoms with Gasteiger partial charge in [0.1, 0.15) is 5.75 Å². The van der Waals surface area contributed by atoms with Gasteiger partial charge in [-0.05, 0) is 32.9 Å². The van der Waals surface area contributed by atoms with Crippen LogP contribution in [0.2, 0.25) is 0 Å². The molecule has 0 unspecified atom stereocenters. The lowest BCUT2D eigenvalue weighted by atomic mass is 10.1. The number of para-hydroxylation sites is 1. The summed E-state index contributed by atoms with van der Waals surface area (Å²) in [6, 6.07) is 9.04. The van der Waals surface area contributed by atoms with Gasteiger partial charge in [-0.15, -0.1) is 0 Å². The third-order valence-electron chi connectivity index (χ3n) is 2.54. The Morgan fingerprint density at radius 3 is 2.42 bits per heavy atom. The molecule has 0 saturated heterocycles. The lowest BCUT2D eigenvalue weighted by molar-refractivity contribution is 0.0671. The van der Waals surface area contributed by atoms with Crippen LogP contribution in [0, 0.1) is 0 Å². The van der Waals surface area contributed by atoms with Gasteiger partial charge in [-0.3, -0.25) is 0 Å². The van der Waals surface area contributed by atoms with Gasteiger partial charge >= 0.3 is 5.97 Å². The maximum Gasteiger partial charge on any atom is 0.358 e. The molecule has 0 atom stereocenters. The van der Waals surface area contributed by atoms with Crippen LogP contribution in [0.25, 0.3) is 0 Å². The molecular formula is C14H16N2O3. The summed E-state index contributed by atoms with van der Waals surface area (Å²) in [7, 11) is 0. The highest BCUT2D eigenvalue weighted by Crippen LogP contribution is 2.28. The Labute approximate surface area is 111 Å². The summed E-state index contributed by atoms with van der Waals surface area (Å²) >= 11 is 0. The number of hydrogen-bond donors (Lipinski definition) is 1. The maximum atomic E-state index is 11.4. The molecule has 0 aliphatic heterocycles. The van der Waals surface area contributed by atoms with Gasteiger partial charge in [-0.1, -0.05) is 18.2 Å². The van der Waals surface area contributed by atoms with E-state index in [1.807, 2.05) is 39.0 Å². The molecule has 0 bridgehead atoms. The van der Waals surface area contributed by atoms with Crippen molar-refractivity contribution in [1.82, 2.24) is 9.78 Å². The molecule has 2 rings (SSSR count). The number of carbonyl (C=O) groups is 1. The number of rotatable bonds is 3. The van der Waals surface area contributed by atoms with Crippen LogP contribution in [0.5, 0.6) is 11.5 Å². The molecule has 100 valence electrons. The minimum Gasteiger partial charge on any atom is -0.476 e. The fourth-order valence-corrected chi connectivity index (χ4v) is 1.73. The molecule has 5 nitrogen and oxygen atoms in total. The van der Waals surface area contributed by atoms with Crippen LogP contribution in [0.3, 0.4) is 0 Å². The van der Waals surface area contributed by atoms with Gasteiger partial charge < -0.3 is 9.84 Å². The van der Waals surface area contributed by atoms with E-state index in [1.165, 1.54) is 10.9 Å². The number of aromatic carboxylic acids is 1. The first-order chi connectivity index (χ1) is 8.89. The van der Waals surface area contributed by atoms with Crippen LogP contribution in [0.15, 0.2) is 36.5 Å². The van der Waals surface area contributed by atoms with E-state index in [0.29, 0.717) is 5.75 Å². The van der Waals surface area contributed by atoms with Crippen molar-refractivity contribution in [1.29, 1.82) is 0 Å². The van der Waals surface area contributed by atoms with E-state index in [-0.39, 0.29) is 11.4 Å². The van der Waals surface area contributed by atoms with Crippen molar-refractivity contribution >= 4 is 5.97 Å². The Morgan fingerprint density at radius 2 is 1.89 bits per heavy atom. The van der Waals surface area contributed by atoms with E-state index in [0.717, 1.165) is 0 Å². The predicted octanol–water partition coefficient (Wildman–Crippen LogP) is 3.13. The zero-order valence-corrected chi connectivity index (χ0v) is 11.1. The third kappa shape index (κ3) is 2.76. The Morgan fingerprint density at radius 1 is 1.26 bits per heavy atom. The predicted molar refractivity (Wildman–Crippen MR) is 70.7 cm³/mol. The molecule has 0 saturated carbocycles. The molecular weight excluding hydrogens is 244 g/mol. The van der Waals surface area contributed by atoms with Crippen molar-refractivity contribution in [3.8, 4) is 11.5 Å². The van der Waals surface area contributed by atoms with Crippen LogP contribution >= 0.6 is 0 Å². The molecule has 19 heavy (non-hydrogen) atoms. The Bertz CT molecular complexity index is 582. The summed E-state index contributed by atoms with van der Waals surface area (Å²) in [4.78, 5) is 11.4. The Hall–Kier alpha value is -2.30. The van der Waals surface area contributed by atoms with E-state index in [2.05, 4.69) is 5.10 Å². The summed E-state index contributed by atoms with van der Waals surface area (Å²) in [5.74, 6) is -0.231. The van der Waals surface area contributed by atoms with Crippen LogP contribution in [0.1, 0.15) is 31.3 Å². The van der Waals surface area contributed by atoms with E-state index in [9.17, 15) is 9.90 Å². The molecule has 1 aromatic carbocycles. The summed E-state index contributed by atoms with van der Waals surface area (Å²) < 4.78 is 7.03. The highest BCUT2D eigenvalue weighted by atomic mass is 16.5. The first kappa shape index (κ1) is 13.1. The van der Waals surface area contributed by atoms with Crippen molar-refractivity contribution in [2.45, 2.75) is 26.3 Å². The molecule has 5 heteroatoms. The van der Waals surface area contributed by atoms with Crippen LogP contribution in [-0.4, -0.2) is 20.9 Å². The van der Waals surface area contributed by atoms with Gasteiger partial charge in [0.15, 0.2) is 11.4 Å². The number of nitrogens with zero attached hydrogens (tertiary/aromatic N) is 2. The van der Waals surface area contributed by atoms with Gasteiger partial charge in [0, 0.05) is 0 Å². The monoisotopic (exact) mass is 260 g/mol. The Kier molecular flexibility index (Phi) is 3.29. The van der Waals surface area contributed by atoms with Gasteiger partial charge in [-0.2, -0.15) is 5.10 Å². The number of hydrogen-bond acceptors (Lipinski definition) is 3. The second-order valence-corrected chi connectivity index (χ2v) is 5.16. The largest absolute Gasteiger partial charge is 0.476 e. The van der Waals surface area contributed by atoms with Crippen LogP contribution in [-0.2, 0) is 5.54 Å². The van der Waals surface area contributed by atoms with Gasteiger partial charge in [0.05, 0.1) is 11.7 Å². The van der Waals surface area contributed by atoms with Crippen molar-refractivity contribution in [3.63, 3.8) is 0 Å². The van der Waals surface area contributed by atoms with E-state index < -0.39 is 11.5 Å². The lowest BCUT2D eigenvalue weighted by Gasteiger charge is -2.21. The molecule has 1 aromatic heterocycles. The molecule has 0 aliphatic rings. The first-order valence-electron chi connectivity index (χ1n) is 5.94. The highest BCUT2D eigenvalue weighted by molar-refractivity contribution is 5.89. The molecule has 1 heterocycles. The smallest absolute Gasteiger partial charge is 0.358 e. The standard InChI is InChI=1S/C14H16N2O3/c1-14(2,3)16-12(13(17)18)11(9-15-16)19-10-7-5-4-6-8-10/h4-9H,1-3H3,(H,17,18). The summed E-state index contributed by atoms with van der Waals surface area (Å²) in [5.41, 5.74) is -0.372.